The van der Waals surface area contributed by atoms with Crippen molar-refractivity contribution in [2.24, 2.45) is 5.10 Å². The maximum Gasteiger partial charge on any atom is 0.270 e. The Morgan fingerprint density at radius 3 is 2.88 bits per heavy atom. The number of nitro benzene ring substituents is 1. The molecule has 9 heteroatoms. The van der Waals surface area contributed by atoms with Gasteiger partial charge in [0.2, 0.25) is 0 Å². The maximum absolute atomic E-state index is 10.9. The minimum atomic E-state index is -0.443. The van der Waals surface area contributed by atoms with Gasteiger partial charge in [0, 0.05) is 28.6 Å². The number of aromatic amines is 1. The molecule has 4 aromatic rings. The summed E-state index contributed by atoms with van der Waals surface area (Å²) in [5, 5.41) is 24.2. The van der Waals surface area contributed by atoms with Crippen LogP contribution < -0.4 is 5.43 Å². The van der Waals surface area contributed by atoms with Gasteiger partial charge in [0.1, 0.15) is 5.52 Å². The first-order valence-electron chi connectivity index (χ1n) is 7.78. The molecule has 2 aromatic heterocycles. The lowest BCUT2D eigenvalue weighted by molar-refractivity contribution is -0.384. The van der Waals surface area contributed by atoms with Crippen LogP contribution in [0, 0.1) is 10.1 Å². The summed E-state index contributed by atoms with van der Waals surface area (Å²) < 4.78 is 0. The highest BCUT2D eigenvalue weighted by molar-refractivity contribution is 6.03. The fraction of sp³-hybridized carbons (Fsp3) is 0.0588. The van der Waals surface area contributed by atoms with Crippen LogP contribution in [0.25, 0.3) is 22.1 Å². The third kappa shape index (κ3) is 2.81. The Morgan fingerprint density at radius 1 is 1.19 bits per heavy atom. The molecule has 0 saturated carbocycles. The molecule has 0 amide bonds. The van der Waals surface area contributed by atoms with Crippen LogP contribution in [0.4, 0.5) is 11.6 Å². The van der Waals surface area contributed by atoms with Crippen molar-refractivity contribution in [1.29, 1.82) is 0 Å². The van der Waals surface area contributed by atoms with Gasteiger partial charge in [-0.15, -0.1) is 10.2 Å². The molecule has 0 fully saturated rings. The molecular weight excluding hydrogens is 334 g/mol. The minimum absolute atomic E-state index is 0.00876. The van der Waals surface area contributed by atoms with Crippen LogP contribution in [0.5, 0.6) is 0 Å². The normalized spacial score (nSPS) is 11.8. The van der Waals surface area contributed by atoms with Gasteiger partial charge in [-0.3, -0.25) is 10.1 Å². The molecule has 2 aromatic carbocycles. The molecule has 2 heterocycles. The molecule has 26 heavy (non-hydrogen) atoms. The number of para-hydroxylation sites is 1. The average Bonchev–Trinajstić information content (AvgIpc) is 3.04. The largest absolute Gasteiger partial charge is 0.338 e. The number of hydrogen-bond donors (Lipinski definition) is 2. The molecule has 0 aliphatic heterocycles. The van der Waals surface area contributed by atoms with Crippen molar-refractivity contribution in [2.75, 3.05) is 5.43 Å². The second kappa shape index (κ2) is 6.20. The number of rotatable bonds is 4. The van der Waals surface area contributed by atoms with Crippen molar-refractivity contribution in [2.45, 2.75) is 6.92 Å². The zero-order valence-electron chi connectivity index (χ0n) is 13.7. The van der Waals surface area contributed by atoms with E-state index in [1.54, 1.807) is 19.1 Å². The van der Waals surface area contributed by atoms with Gasteiger partial charge in [-0.05, 0) is 13.0 Å². The second-order valence-electron chi connectivity index (χ2n) is 5.62. The van der Waals surface area contributed by atoms with E-state index in [2.05, 4.69) is 30.7 Å². The molecule has 0 radical (unpaired) electrons. The number of fused-ring (bicyclic) bond motifs is 3. The summed E-state index contributed by atoms with van der Waals surface area (Å²) in [6, 6.07) is 14.0. The van der Waals surface area contributed by atoms with Gasteiger partial charge in [0.25, 0.3) is 11.6 Å². The Bertz CT molecular complexity index is 1170. The highest BCUT2D eigenvalue weighted by Crippen LogP contribution is 2.21. The van der Waals surface area contributed by atoms with E-state index in [0.717, 1.165) is 10.9 Å². The lowest BCUT2D eigenvalue weighted by Crippen LogP contribution is -2.03. The van der Waals surface area contributed by atoms with Crippen LogP contribution in [0.1, 0.15) is 12.5 Å². The smallest absolute Gasteiger partial charge is 0.270 e. The van der Waals surface area contributed by atoms with Crippen molar-refractivity contribution >= 4 is 39.4 Å². The van der Waals surface area contributed by atoms with Gasteiger partial charge in [-0.25, -0.2) is 5.43 Å². The van der Waals surface area contributed by atoms with E-state index >= 15 is 0 Å². The van der Waals surface area contributed by atoms with Crippen LogP contribution in [0.2, 0.25) is 0 Å². The summed E-state index contributed by atoms with van der Waals surface area (Å²) in [6.07, 6.45) is 0. The van der Waals surface area contributed by atoms with E-state index in [9.17, 15) is 10.1 Å². The predicted octanol–water partition coefficient (Wildman–Crippen LogP) is 3.25. The Labute approximate surface area is 146 Å². The van der Waals surface area contributed by atoms with Gasteiger partial charge in [-0.2, -0.15) is 10.1 Å². The first-order chi connectivity index (χ1) is 12.6. The quantitative estimate of drug-likeness (QED) is 0.332. The molecule has 0 bridgehead atoms. The monoisotopic (exact) mass is 347 g/mol. The van der Waals surface area contributed by atoms with Gasteiger partial charge >= 0.3 is 0 Å². The summed E-state index contributed by atoms with van der Waals surface area (Å²) in [6.45, 7) is 1.74. The number of nitro groups is 1. The third-order valence-electron chi connectivity index (χ3n) is 3.92. The third-order valence-corrected chi connectivity index (χ3v) is 3.92. The first kappa shape index (κ1) is 15.6. The average molecular weight is 347 g/mol. The summed E-state index contributed by atoms with van der Waals surface area (Å²) >= 11 is 0. The van der Waals surface area contributed by atoms with Crippen LogP contribution in [-0.2, 0) is 0 Å². The molecule has 0 aliphatic rings. The fourth-order valence-corrected chi connectivity index (χ4v) is 2.61. The summed E-state index contributed by atoms with van der Waals surface area (Å²) in [5.41, 5.74) is 6.16. The number of nitrogens with zero attached hydrogens (tertiary/aromatic N) is 5. The Kier molecular flexibility index (Phi) is 3.73. The second-order valence-corrected chi connectivity index (χ2v) is 5.62. The number of aromatic nitrogens is 4. The van der Waals surface area contributed by atoms with E-state index < -0.39 is 4.92 Å². The lowest BCUT2D eigenvalue weighted by Gasteiger charge is -2.02. The van der Waals surface area contributed by atoms with Crippen molar-refractivity contribution in [3.63, 3.8) is 0 Å². The highest BCUT2D eigenvalue weighted by Gasteiger charge is 2.09. The fourth-order valence-electron chi connectivity index (χ4n) is 2.61. The van der Waals surface area contributed by atoms with Crippen LogP contribution in [0.3, 0.4) is 0 Å². The molecule has 128 valence electrons. The lowest BCUT2D eigenvalue weighted by atomic mass is 10.1. The summed E-state index contributed by atoms with van der Waals surface area (Å²) in [5.74, 6) is 0.230. The topological polar surface area (TPSA) is 122 Å². The number of benzene rings is 2. The van der Waals surface area contributed by atoms with Gasteiger partial charge in [-0.1, -0.05) is 30.3 Å². The highest BCUT2D eigenvalue weighted by atomic mass is 16.6. The van der Waals surface area contributed by atoms with Crippen molar-refractivity contribution in [3.05, 3.63) is 64.2 Å². The van der Waals surface area contributed by atoms with E-state index in [4.69, 9.17) is 0 Å². The van der Waals surface area contributed by atoms with E-state index in [1.807, 2.05) is 24.3 Å². The molecule has 0 unspecified atom stereocenters. The van der Waals surface area contributed by atoms with Crippen LogP contribution in [0.15, 0.2) is 53.6 Å². The van der Waals surface area contributed by atoms with E-state index in [1.165, 1.54) is 12.1 Å². The number of hydrogen-bond acceptors (Lipinski definition) is 7. The Morgan fingerprint density at radius 2 is 2.04 bits per heavy atom. The van der Waals surface area contributed by atoms with Gasteiger partial charge in [0.15, 0.2) is 5.65 Å². The van der Waals surface area contributed by atoms with Crippen LogP contribution in [-0.4, -0.2) is 30.8 Å². The molecule has 0 saturated heterocycles. The Balaban J connectivity index is 1.62. The number of hydrazone groups is 1. The predicted molar refractivity (Wildman–Crippen MR) is 98.1 cm³/mol. The number of H-pyrrole nitrogens is 1. The van der Waals surface area contributed by atoms with Crippen molar-refractivity contribution in [1.82, 2.24) is 20.2 Å². The molecule has 4 rings (SSSR count). The SMILES string of the molecule is C/C(=N\Nc1nnc2c(n1)[nH]c1ccccc12)c1cccc([N+](=O)[O-])c1. The molecule has 9 nitrogen and oxygen atoms in total. The minimum Gasteiger partial charge on any atom is -0.338 e. The van der Waals surface area contributed by atoms with Crippen LogP contribution >= 0.6 is 0 Å². The number of nitrogens with one attached hydrogen (secondary N) is 2. The molecule has 0 aliphatic carbocycles. The maximum atomic E-state index is 10.9. The molecule has 0 spiro atoms. The van der Waals surface area contributed by atoms with Gasteiger partial charge in [0.05, 0.1) is 10.6 Å². The van der Waals surface area contributed by atoms with E-state index in [-0.39, 0.29) is 11.6 Å². The van der Waals surface area contributed by atoms with Crippen molar-refractivity contribution in [3.8, 4) is 0 Å². The number of non-ortho nitro benzene ring substituents is 1. The molecular formula is C17H13N7O2. The standard InChI is InChI=1S/C17H13N7O2/c1-10(11-5-4-6-12(9-11)24(25)26)20-22-17-19-16-15(21-23-17)13-7-2-3-8-14(13)18-16/h2-9H,1H3,(H2,18,19,22,23)/b20-10+. The van der Waals surface area contributed by atoms with Gasteiger partial charge < -0.3 is 4.98 Å². The Hall–Kier alpha value is -3.88. The molecule has 0 atom stereocenters. The summed E-state index contributed by atoms with van der Waals surface area (Å²) in [7, 11) is 0. The zero-order chi connectivity index (χ0) is 18.1. The number of anilines is 1. The van der Waals surface area contributed by atoms with Crippen molar-refractivity contribution < 1.29 is 4.92 Å². The first-order valence-corrected chi connectivity index (χ1v) is 7.78. The van der Waals surface area contributed by atoms with E-state index in [0.29, 0.717) is 22.4 Å². The zero-order valence-corrected chi connectivity index (χ0v) is 13.7. The molecule has 2 N–H and O–H groups in total. The summed E-state index contributed by atoms with van der Waals surface area (Å²) in [4.78, 5) is 18.0.